The molecule has 0 spiro atoms. The van der Waals surface area contributed by atoms with Gasteiger partial charge in [0.15, 0.2) is 23.1 Å². The summed E-state index contributed by atoms with van der Waals surface area (Å²) in [6.45, 7) is 1.41. The zero-order valence-corrected chi connectivity index (χ0v) is 24.6. The lowest BCUT2D eigenvalue weighted by molar-refractivity contribution is -0.146. The maximum Gasteiger partial charge on any atom is 0.278 e. The van der Waals surface area contributed by atoms with Crippen molar-refractivity contribution in [1.82, 2.24) is 20.6 Å². The molecule has 8 bridgehead atoms. The molecule has 14 heteroatoms. The van der Waals surface area contributed by atoms with E-state index in [2.05, 4.69) is 36.6 Å². The molecule has 1 atom stereocenters. The molecule has 3 aromatic carbocycles. The Balaban J connectivity index is 1.37. The molecular weight excluding hydrogens is 597 g/mol. The highest BCUT2D eigenvalue weighted by molar-refractivity contribution is 6.17. The molecule has 10 rings (SSSR count). The first-order valence-corrected chi connectivity index (χ1v) is 14.1. The summed E-state index contributed by atoms with van der Waals surface area (Å²) in [5.74, 6) is -2.07. The van der Waals surface area contributed by atoms with Crippen LogP contribution in [0.5, 0.6) is 17.2 Å². The second-order valence-corrected chi connectivity index (χ2v) is 10.3. The lowest BCUT2D eigenvalue weighted by Gasteiger charge is -2.33. The third-order valence-corrected chi connectivity index (χ3v) is 7.08. The van der Waals surface area contributed by atoms with E-state index in [1.54, 1.807) is 48.5 Å². The van der Waals surface area contributed by atoms with E-state index < -0.39 is 29.1 Å². The first-order valence-electron chi connectivity index (χ1n) is 14.1. The molecule has 6 aliphatic heterocycles. The van der Waals surface area contributed by atoms with E-state index in [0.717, 1.165) is 6.20 Å². The number of anilines is 5. The number of hydrogen-bond donors (Lipinski definition) is 5. The molecule has 5 N–H and O–H groups in total. The first-order chi connectivity index (χ1) is 22.2. The van der Waals surface area contributed by atoms with Gasteiger partial charge in [-0.1, -0.05) is 30.3 Å². The van der Waals surface area contributed by atoms with Crippen molar-refractivity contribution in [2.75, 3.05) is 36.2 Å². The fourth-order valence-corrected chi connectivity index (χ4v) is 4.63. The number of carbonyl (C=O) groups is 3. The maximum absolute atomic E-state index is 14.7. The zero-order chi connectivity index (χ0) is 32.3. The van der Waals surface area contributed by atoms with Crippen LogP contribution >= 0.6 is 0 Å². The highest BCUT2D eigenvalue weighted by atomic mass is 19.1. The number of halogens is 1. The van der Waals surface area contributed by atoms with Gasteiger partial charge in [-0.05, 0) is 48.9 Å². The highest BCUT2D eigenvalue weighted by Crippen LogP contribution is 2.37. The van der Waals surface area contributed by atoms with Gasteiger partial charge in [0.2, 0.25) is 5.95 Å². The number of aromatic nitrogens is 2. The Labute approximate surface area is 262 Å². The smallest absolute Gasteiger partial charge is 0.278 e. The molecule has 7 heterocycles. The number of nitrogens with one attached hydrogen (secondary N) is 5. The number of amides is 3. The van der Waals surface area contributed by atoms with Gasteiger partial charge >= 0.3 is 0 Å². The van der Waals surface area contributed by atoms with Crippen LogP contribution < -0.4 is 40.8 Å². The second-order valence-electron chi connectivity index (χ2n) is 10.3. The Morgan fingerprint density at radius 3 is 2.43 bits per heavy atom. The summed E-state index contributed by atoms with van der Waals surface area (Å²) in [7, 11) is 1.48. The van der Waals surface area contributed by atoms with Crippen LogP contribution in [0.15, 0.2) is 78.6 Å². The maximum atomic E-state index is 14.7. The number of rotatable bonds is 2. The van der Waals surface area contributed by atoms with Gasteiger partial charge in [0.05, 0.1) is 25.5 Å². The van der Waals surface area contributed by atoms with Gasteiger partial charge in [0.25, 0.3) is 23.3 Å². The number of ether oxygens (including phenoxy) is 3. The SMILES string of the molecule is COc1cc2ccc1OCCNC(=O)/C(=C/c1ccccc1)NC(=O)[C@@]1(C)Oc3ccc(cc3NC1=O)Nc1nc(ncc1F)N2. The minimum absolute atomic E-state index is 0.0549. The normalized spacial score (nSPS) is 18.8. The van der Waals surface area contributed by atoms with E-state index in [4.69, 9.17) is 14.2 Å². The molecule has 0 unspecified atom stereocenters. The molecule has 4 aromatic rings. The molecule has 234 valence electrons. The predicted octanol–water partition coefficient (Wildman–Crippen LogP) is 3.87. The van der Waals surface area contributed by atoms with Crippen molar-refractivity contribution in [2.24, 2.45) is 0 Å². The lowest BCUT2D eigenvalue weighted by Crippen LogP contribution is -2.59. The van der Waals surface area contributed by atoms with E-state index in [9.17, 15) is 18.8 Å². The lowest BCUT2D eigenvalue weighted by atomic mass is 10.0. The molecule has 0 saturated heterocycles. The van der Waals surface area contributed by atoms with Crippen molar-refractivity contribution in [3.63, 3.8) is 0 Å². The van der Waals surface area contributed by atoms with Crippen molar-refractivity contribution in [3.05, 3.63) is 90.0 Å². The fourth-order valence-electron chi connectivity index (χ4n) is 4.63. The van der Waals surface area contributed by atoms with Gasteiger partial charge in [-0.25, -0.2) is 9.37 Å². The van der Waals surface area contributed by atoms with E-state index in [1.807, 2.05) is 6.07 Å². The molecule has 46 heavy (non-hydrogen) atoms. The molecule has 13 nitrogen and oxygen atoms in total. The Kier molecular flexibility index (Phi) is 8.08. The summed E-state index contributed by atoms with van der Waals surface area (Å²) in [6, 6.07) is 18.5. The van der Waals surface area contributed by atoms with Crippen LogP contribution in [0.4, 0.5) is 33.2 Å². The average Bonchev–Trinajstić information content (AvgIpc) is 3.05. The Bertz CT molecular complexity index is 1870. The van der Waals surface area contributed by atoms with E-state index >= 15 is 0 Å². The second kappa shape index (κ2) is 12.4. The summed E-state index contributed by atoms with van der Waals surface area (Å²) in [5, 5.41) is 13.8. The van der Waals surface area contributed by atoms with Gasteiger partial charge < -0.3 is 40.8 Å². The first kappa shape index (κ1) is 29.9. The van der Waals surface area contributed by atoms with Gasteiger partial charge in [0, 0.05) is 17.4 Å². The third kappa shape index (κ3) is 6.22. The van der Waals surface area contributed by atoms with Gasteiger partial charge in [-0.2, -0.15) is 4.98 Å². The van der Waals surface area contributed by atoms with Crippen LogP contribution in [-0.2, 0) is 14.4 Å². The summed E-state index contributed by atoms with van der Waals surface area (Å²) >= 11 is 0. The summed E-state index contributed by atoms with van der Waals surface area (Å²) < 4.78 is 31.9. The Morgan fingerprint density at radius 2 is 1.65 bits per heavy atom. The summed E-state index contributed by atoms with van der Waals surface area (Å²) in [5.41, 5.74) is -0.386. The molecular formula is C32H28FN7O6. The molecule has 0 radical (unpaired) electrons. The van der Waals surface area contributed by atoms with Crippen molar-refractivity contribution in [3.8, 4) is 17.2 Å². The van der Waals surface area contributed by atoms with Crippen LogP contribution in [0.2, 0.25) is 0 Å². The predicted molar refractivity (Wildman–Crippen MR) is 167 cm³/mol. The van der Waals surface area contributed by atoms with E-state index in [1.165, 1.54) is 32.2 Å². The third-order valence-electron chi connectivity index (χ3n) is 7.08. The monoisotopic (exact) mass is 625 g/mol. The quantitative estimate of drug-likeness (QED) is 0.163. The largest absolute Gasteiger partial charge is 0.493 e. The van der Waals surface area contributed by atoms with Crippen LogP contribution in [0.1, 0.15) is 12.5 Å². The minimum atomic E-state index is -2.04. The van der Waals surface area contributed by atoms with Crippen LogP contribution in [0.3, 0.4) is 0 Å². The summed E-state index contributed by atoms with van der Waals surface area (Å²) in [6.07, 6.45) is 2.49. The average molecular weight is 626 g/mol. The van der Waals surface area contributed by atoms with Crippen molar-refractivity contribution >= 4 is 52.6 Å². The number of methoxy groups -OCH3 is 1. The molecule has 6 aliphatic rings. The number of benzene rings is 3. The van der Waals surface area contributed by atoms with E-state index in [0.29, 0.717) is 28.4 Å². The standard InChI is InChI=1S/C32H28FN7O6/c1-32-29(42)38-22-15-19(8-10-24(22)46-32)36-27-21(33)17-35-31(40-27)37-20-9-11-25(26(16-20)44-2)45-13-12-34-28(41)23(39-30(32)43)14-18-6-4-3-5-7-18/h3-11,14-17H,12-13H2,1-2H3,(H,34,41)(H,38,42)(H,39,43)(H2,35,36,37,40)/b23-14-/t32-/m0/s1. The van der Waals surface area contributed by atoms with Crippen LogP contribution in [-0.4, -0.2) is 53.6 Å². The van der Waals surface area contributed by atoms with E-state index in [-0.39, 0.29) is 42.1 Å². The number of carbonyl (C=O) groups excluding carboxylic acids is 3. The van der Waals surface area contributed by atoms with Crippen molar-refractivity contribution in [1.29, 1.82) is 0 Å². The van der Waals surface area contributed by atoms with Gasteiger partial charge in [0.1, 0.15) is 18.1 Å². The van der Waals surface area contributed by atoms with Crippen molar-refractivity contribution in [2.45, 2.75) is 12.5 Å². The Hall–Kier alpha value is -6.18. The molecule has 3 amide bonds. The molecule has 0 fully saturated rings. The molecule has 1 aromatic heterocycles. The van der Waals surface area contributed by atoms with Gasteiger partial charge in [-0.15, -0.1) is 0 Å². The van der Waals surface area contributed by atoms with Crippen LogP contribution in [0, 0.1) is 5.82 Å². The summed E-state index contributed by atoms with van der Waals surface area (Å²) in [4.78, 5) is 48.4. The van der Waals surface area contributed by atoms with Gasteiger partial charge in [-0.3, -0.25) is 14.4 Å². The van der Waals surface area contributed by atoms with Crippen LogP contribution in [0.25, 0.3) is 6.08 Å². The number of nitrogens with zero attached hydrogens (tertiary/aromatic N) is 2. The Morgan fingerprint density at radius 1 is 0.913 bits per heavy atom. The fraction of sp³-hybridized carbons (Fsp3) is 0.156. The zero-order valence-electron chi connectivity index (χ0n) is 24.6. The van der Waals surface area contributed by atoms with Crippen molar-refractivity contribution < 1.29 is 33.0 Å². The highest BCUT2D eigenvalue weighted by Gasteiger charge is 2.48. The topological polar surface area (TPSA) is 165 Å². The molecule has 0 aliphatic carbocycles. The number of hydrogen-bond acceptors (Lipinski definition) is 10. The molecule has 0 saturated carbocycles. The minimum Gasteiger partial charge on any atom is -0.493 e.